The molecule has 9 heteroatoms. The van der Waals surface area contributed by atoms with E-state index >= 15 is 4.39 Å². The maximum Gasteiger partial charge on any atom is 0.227 e. The zero-order chi connectivity index (χ0) is 23.4. The van der Waals surface area contributed by atoms with Crippen molar-refractivity contribution < 1.29 is 13.7 Å². The number of aromatic nitrogens is 4. The number of aryl methyl sites for hydroxylation is 1. The van der Waals surface area contributed by atoms with Crippen molar-refractivity contribution in [2.75, 3.05) is 17.2 Å². The second-order valence-electron chi connectivity index (χ2n) is 8.47. The minimum Gasteiger partial charge on any atom is -0.380 e. The number of piperidine rings is 1. The van der Waals surface area contributed by atoms with Crippen LogP contribution in [0.25, 0.3) is 38.8 Å². The molecule has 170 valence electrons. The quantitative estimate of drug-likeness (QED) is 0.419. The highest BCUT2D eigenvalue weighted by molar-refractivity contribution is 5.94. The smallest absolute Gasteiger partial charge is 0.227 e. The van der Waals surface area contributed by atoms with E-state index in [9.17, 15) is 4.79 Å². The lowest BCUT2D eigenvalue weighted by molar-refractivity contribution is -0.119. The standard InChI is InChI=1S/C25H21FN6O2/c1-14-17-7-8-18(20-9-5-16(13-28-20)31-11-3-2-4-22(31)33)23(26)24(17)32(29-14)15-6-10-21-19(12-15)25(27)30-34-21/h5-10,12-13H,2-4,11H2,1H3,(H2,27,30). The lowest BCUT2D eigenvalue weighted by Gasteiger charge is -2.26. The SMILES string of the molecule is Cc1nn(-c2ccc3onc(N)c3c2)c2c(F)c(-c3ccc(N4CCCCC4=O)cn3)ccc12. The molecule has 0 bridgehead atoms. The number of fused-ring (bicyclic) bond motifs is 2. The molecule has 2 N–H and O–H groups in total. The van der Waals surface area contributed by atoms with Gasteiger partial charge in [-0.2, -0.15) is 5.10 Å². The minimum atomic E-state index is -0.425. The predicted octanol–water partition coefficient (Wildman–Crippen LogP) is 4.78. The average Bonchev–Trinajstić information content (AvgIpc) is 3.40. The molecule has 1 amide bonds. The van der Waals surface area contributed by atoms with Gasteiger partial charge in [-0.25, -0.2) is 9.07 Å². The van der Waals surface area contributed by atoms with Gasteiger partial charge in [0.25, 0.3) is 0 Å². The largest absolute Gasteiger partial charge is 0.380 e. The summed E-state index contributed by atoms with van der Waals surface area (Å²) in [5, 5.41) is 9.70. The zero-order valence-electron chi connectivity index (χ0n) is 18.5. The molecule has 1 aliphatic heterocycles. The number of nitrogens with zero attached hydrogens (tertiary/aromatic N) is 5. The van der Waals surface area contributed by atoms with Crippen LogP contribution in [0.1, 0.15) is 25.0 Å². The molecule has 0 unspecified atom stereocenters. The van der Waals surface area contributed by atoms with Crippen molar-refractivity contribution in [3.8, 4) is 16.9 Å². The highest BCUT2D eigenvalue weighted by atomic mass is 19.1. The molecule has 0 atom stereocenters. The van der Waals surface area contributed by atoms with Crippen LogP contribution in [0.2, 0.25) is 0 Å². The summed E-state index contributed by atoms with van der Waals surface area (Å²) in [4.78, 5) is 18.4. The van der Waals surface area contributed by atoms with Gasteiger partial charge in [-0.05, 0) is 56.2 Å². The summed E-state index contributed by atoms with van der Waals surface area (Å²) in [6, 6.07) is 12.4. The molecule has 8 nitrogen and oxygen atoms in total. The average molecular weight is 456 g/mol. The van der Waals surface area contributed by atoms with Gasteiger partial charge < -0.3 is 15.2 Å². The highest BCUT2D eigenvalue weighted by Gasteiger charge is 2.22. The number of anilines is 2. The lowest BCUT2D eigenvalue weighted by atomic mass is 10.1. The van der Waals surface area contributed by atoms with Crippen LogP contribution in [0.5, 0.6) is 0 Å². The van der Waals surface area contributed by atoms with Crippen molar-refractivity contribution in [2.24, 2.45) is 0 Å². The van der Waals surface area contributed by atoms with Crippen molar-refractivity contribution in [2.45, 2.75) is 26.2 Å². The van der Waals surface area contributed by atoms with Crippen molar-refractivity contribution >= 4 is 39.3 Å². The highest BCUT2D eigenvalue weighted by Crippen LogP contribution is 2.33. The maximum atomic E-state index is 15.9. The molecule has 34 heavy (non-hydrogen) atoms. The summed E-state index contributed by atoms with van der Waals surface area (Å²) in [5.41, 5.74) is 9.72. The molecule has 5 aromatic rings. The first-order valence-electron chi connectivity index (χ1n) is 11.1. The Morgan fingerprint density at radius 1 is 1.06 bits per heavy atom. The fraction of sp³-hybridized carbons (Fsp3) is 0.200. The number of hydrogen-bond acceptors (Lipinski definition) is 6. The van der Waals surface area contributed by atoms with E-state index < -0.39 is 5.82 Å². The molecule has 1 aliphatic rings. The van der Waals surface area contributed by atoms with Gasteiger partial charge in [-0.3, -0.25) is 9.78 Å². The number of hydrogen-bond donors (Lipinski definition) is 1. The van der Waals surface area contributed by atoms with Gasteiger partial charge in [0.15, 0.2) is 17.2 Å². The van der Waals surface area contributed by atoms with E-state index in [-0.39, 0.29) is 11.7 Å². The Labute approximate surface area is 193 Å². The van der Waals surface area contributed by atoms with Gasteiger partial charge in [0.05, 0.1) is 34.3 Å². The molecule has 1 fully saturated rings. The topological polar surface area (TPSA) is 103 Å². The molecule has 0 radical (unpaired) electrons. The van der Waals surface area contributed by atoms with Crippen LogP contribution in [0.15, 0.2) is 53.2 Å². The number of benzene rings is 2. The first kappa shape index (κ1) is 20.3. The Bertz CT molecular complexity index is 1570. The number of amides is 1. The molecule has 2 aromatic carbocycles. The molecule has 4 heterocycles. The molecule has 1 saturated heterocycles. The van der Waals surface area contributed by atoms with Crippen molar-refractivity contribution in [1.82, 2.24) is 19.9 Å². The number of halogens is 1. The van der Waals surface area contributed by atoms with E-state index in [0.717, 1.165) is 18.5 Å². The van der Waals surface area contributed by atoms with Crippen molar-refractivity contribution in [3.05, 3.63) is 60.2 Å². The zero-order valence-corrected chi connectivity index (χ0v) is 18.5. The third kappa shape index (κ3) is 3.12. The molecule has 0 spiro atoms. The number of nitrogen functional groups attached to an aromatic ring is 1. The van der Waals surface area contributed by atoms with Gasteiger partial charge in [-0.15, -0.1) is 0 Å². The van der Waals surface area contributed by atoms with E-state index in [4.69, 9.17) is 10.3 Å². The van der Waals surface area contributed by atoms with E-state index in [1.54, 1.807) is 46.1 Å². The van der Waals surface area contributed by atoms with E-state index in [2.05, 4.69) is 15.2 Å². The van der Waals surface area contributed by atoms with Crippen LogP contribution < -0.4 is 10.6 Å². The molecular formula is C25H21FN6O2. The summed E-state index contributed by atoms with van der Waals surface area (Å²) in [7, 11) is 0. The number of carbonyl (C=O) groups is 1. The minimum absolute atomic E-state index is 0.0956. The van der Waals surface area contributed by atoms with Crippen molar-refractivity contribution in [3.63, 3.8) is 0 Å². The van der Waals surface area contributed by atoms with E-state index in [0.29, 0.717) is 57.5 Å². The van der Waals surface area contributed by atoms with Gasteiger partial charge in [-0.1, -0.05) is 11.2 Å². The van der Waals surface area contributed by atoms with Crippen LogP contribution in [0, 0.1) is 12.7 Å². The third-order valence-corrected chi connectivity index (χ3v) is 6.35. The Hall–Kier alpha value is -4.27. The second kappa shape index (κ2) is 7.65. The van der Waals surface area contributed by atoms with Crippen LogP contribution in [-0.2, 0) is 4.79 Å². The Morgan fingerprint density at radius 2 is 1.91 bits per heavy atom. The molecule has 3 aromatic heterocycles. The third-order valence-electron chi connectivity index (χ3n) is 6.35. The molecular weight excluding hydrogens is 435 g/mol. The summed E-state index contributed by atoms with van der Waals surface area (Å²) in [6.07, 6.45) is 4.06. The van der Waals surface area contributed by atoms with Crippen LogP contribution in [0.3, 0.4) is 0 Å². The number of pyridine rings is 1. The maximum absolute atomic E-state index is 15.9. The van der Waals surface area contributed by atoms with Gasteiger partial charge in [0.2, 0.25) is 5.91 Å². The van der Waals surface area contributed by atoms with Gasteiger partial charge in [0, 0.05) is 23.9 Å². The van der Waals surface area contributed by atoms with Crippen molar-refractivity contribution in [1.29, 1.82) is 0 Å². The molecule has 0 saturated carbocycles. The summed E-state index contributed by atoms with van der Waals surface area (Å²) < 4.78 is 22.7. The first-order chi connectivity index (χ1) is 16.5. The normalized spacial score (nSPS) is 14.4. The Kier molecular flexibility index (Phi) is 4.58. The molecule has 0 aliphatic carbocycles. The predicted molar refractivity (Wildman–Crippen MR) is 127 cm³/mol. The van der Waals surface area contributed by atoms with Crippen LogP contribution in [-0.4, -0.2) is 32.4 Å². The van der Waals surface area contributed by atoms with E-state index in [1.165, 1.54) is 0 Å². The fourth-order valence-electron chi connectivity index (χ4n) is 4.56. The first-order valence-corrected chi connectivity index (χ1v) is 11.1. The van der Waals surface area contributed by atoms with E-state index in [1.807, 2.05) is 19.1 Å². The van der Waals surface area contributed by atoms with Crippen LogP contribution in [0.4, 0.5) is 15.9 Å². The summed E-state index contributed by atoms with van der Waals surface area (Å²) in [6.45, 7) is 2.52. The van der Waals surface area contributed by atoms with Gasteiger partial charge in [0.1, 0.15) is 5.52 Å². The fourth-order valence-corrected chi connectivity index (χ4v) is 4.56. The Balaban J connectivity index is 1.45. The number of nitrogens with two attached hydrogens (primary N) is 1. The summed E-state index contributed by atoms with van der Waals surface area (Å²) in [5.74, 6) is -0.0633. The molecule has 6 rings (SSSR count). The lowest BCUT2D eigenvalue weighted by Crippen LogP contribution is -2.35. The Morgan fingerprint density at radius 3 is 2.71 bits per heavy atom. The van der Waals surface area contributed by atoms with Crippen LogP contribution >= 0.6 is 0 Å². The summed E-state index contributed by atoms with van der Waals surface area (Å²) >= 11 is 0. The monoisotopic (exact) mass is 456 g/mol. The van der Waals surface area contributed by atoms with Gasteiger partial charge >= 0.3 is 0 Å². The number of carbonyl (C=O) groups excluding carboxylic acids is 1. The second-order valence-corrected chi connectivity index (χ2v) is 8.47. The number of rotatable bonds is 3.